The Bertz CT molecular complexity index is 1040. The summed E-state index contributed by atoms with van der Waals surface area (Å²) in [7, 11) is 0. The number of urea groups is 1. The van der Waals surface area contributed by atoms with Crippen LogP contribution in [0.15, 0.2) is 47.6 Å². The highest BCUT2D eigenvalue weighted by Crippen LogP contribution is 2.23. The summed E-state index contributed by atoms with van der Waals surface area (Å²) in [6, 6.07) is 12.0. The topological polar surface area (TPSA) is 102 Å². The molecule has 0 unspecified atom stereocenters. The number of halogens is 1. The Kier molecular flexibility index (Phi) is 6.50. The summed E-state index contributed by atoms with van der Waals surface area (Å²) in [6.45, 7) is 5.53. The molecule has 0 aliphatic rings. The summed E-state index contributed by atoms with van der Waals surface area (Å²) in [5.74, 6) is -0.456. The highest BCUT2D eigenvalue weighted by molar-refractivity contribution is 8.00. The first-order chi connectivity index (χ1) is 13.8. The third-order valence-electron chi connectivity index (χ3n) is 4.03. The van der Waals surface area contributed by atoms with Crippen molar-refractivity contribution in [3.8, 4) is 5.69 Å². The number of imide groups is 1. The fourth-order valence-corrected chi connectivity index (χ4v) is 3.46. The predicted octanol–water partition coefficient (Wildman–Crippen LogP) is 3.76. The van der Waals surface area contributed by atoms with E-state index in [0.29, 0.717) is 21.6 Å². The first-order valence-corrected chi connectivity index (χ1v) is 9.99. The lowest BCUT2D eigenvalue weighted by Crippen LogP contribution is -2.39. The summed E-state index contributed by atoms with van der Waals surface area (Å²) in [4.78, 5) is 24.6. The molecule has 0 aliphatic heterocycles. The highest BCUT2D eigenvalue weighted by atomic mass is 35.5. The van der Waals surface area contributed by atoms with E-state index in [4.69, 9.17) is 11.6 Å². The molecule has 29 heavy (non-hydrogen) atoms. The van der Waals surface area contributed by atoms with Crippen molar-refractivity contribution in [2.24, 2.45) is 0 Å². The number of aromatic nitrogens is 4. The van der Waals surface area contributed by atoms with Crippen molar-refractivity contribution >= 4 is 41.0 Å². The average molecular weight is 431 g/mol. The molecule has 3 rings (SSSR count). The molecule has 1 heterocycles. The Morgan fingerprint density at radius 1 is 1.14 bits per heavy atom. The molecule has 3 aromatic rings. The number of rotatable bonds is 5. The summed E-state index contributed by atoms with van der Waals surface area (Å²) in [5, 5.41) is 17.0. The molecule has 0 saturated carbocycles. The Balaban J connectivity index is 1.62. The number of benzene rings is 2. The van der Waals surface area contributed by atoms with Crippen LogP contribution in [0.5, 0.6) is 0 Å². The third-order valence-corrected chi connectivity index (χ3v) is 5.32. The lowest BCUT2D eigenvalue weighted by molar-refractivity contribution is -0.119. The number of nitrogens with zero attached hydrogens (tertiary/aromatic N) is 4. The fourth-order valence-electron chi connectivity index (χ4n) is 2.53. The van der Waals surface area contributed by atoms with Crippen LogP contribution in [0.1, 0.15) is 18.1 Å². The molecule has 0 aliphatic carbocycles. The van der Waals surface area contributed by atoms with Gasteiger partial charge in [0.05, 0.1) is 10.9 Å². The summed E-state index contributed by atoms with van der Waals surface area (Å²) < 4.78 is 1.50. The fraction of sp³-hybridized carbons (Fsp3) is 0.211. The first-order valence-electron chi connectivity index (χ1n) is 8.73. The molecule has 3 amide bonds. The average Bonchev–Trinajstić information content (AvgIpc) is 3.12. The van der Waals surface area contributed by atoms with Crippen LogP contribution in [0, 0.1) is 13.8 Å². The third kappa shape index (κ3) is 5.33. The lowest BCUT2D eigenvalue weighted by Gasteiger charge is -2.13. The molecule has 2 aromatic carbocycles. The molecule has 2 N–H and O–H groups in total. The Morgan fingerprint density at radius 2 is 1.86 bits per heavy atom. The van der Waals surface area contributed by atoms with Crippen molar-refractivity contribution in [1.29, 1.82) is 0 Å². The molecule has 0 fully saturated rings. The maximum Gasteiger partial charge on any atom is 0.325 e. The molecule has 0 radical (unpaired) electrons. The second-order valence-electron chi connectivity index (χ2n) is 6.37. The molecule has 10 heteroatoms. The molecule has 0 bridgehead atoms. The van der Waals surface area contributed by atoms with Gasteiger partial charge in [-0.05, 0) is 67.1 Å². The second kappa shape index (κ2) is 9.06. The van der Waals surface area contributed by atoms with Crippen LogP contribution >= 0.6 is 23.4 Å². The minimum atomic E-state index is -0.600. The molecule has 1 aromatic heterocycles. The molecular weight excluding hydrogens is 412 g/mol. The number of aryl methyl sites for hydroxylation is 2. The minimum absolute atomic E-state index is 0.421. The lowest BCUT2D eigenvalue weighted by atomic mass is 10.1. The van der Waals surface area contributed by atoms with Gasteiger partial charge in [-0.1, -0.05) is 41.1 Å². The van der Waals surface area contributed by atoms with E-state index in [1.165, 1.54) is 4.68 Å². The molecule has 0 saturated heterocycles. The quantitative estimate of drug-likeness (QED) is 0.597. The van der Waals surface area contributed by atoms with Crippen LogP contribution in [0.25, 0.3) is 5.69 Å². The van der Waals surface area contributed by atoms with Gasteiger partial charge in [-0.3, -0.25) is 10.1 Å². The van der Waals surface area contributed by atoms with Gasteiger partial charge in [0.25, 0.3) is 0 Å². The van der Waals surface area contributed by atoms with Gasteiger partial charge in [-0.15, -0.1) is 5.10 Å². The normalized spacial score (nSPS) is 11.7. The van der Waals surface area contributed by atoms with Gasteiger partial charge in [0.2, 0.25) is 11.1 Å². The number of anilines is 1. The summed E-state index contributed by atoms with van der Waals surface area (Å²) in [6.07, 6.45) is 0. The number of amides is 3. The van der Waals surface area contributed by atoms with Gasteiger partial charge in [0.1, 0.15) is 0 Å². The summed E-state index contributed by atoms with van der Waals surface area (Å²) in [5.41, 5.74) is 3.36. The number of thioether (sulfide) groups is 1. The number of nitrogens with one attached hydrogen (secondary N) is 2. The zero-order valence-corrected chi connectivity index (χ0v) is 17.6. The Morgan fingerprint density at radius 3 is 2.55 bits per heavy atom. The zero-order chi connectivity index (χ0) is 21.0. The van der Waals surface area contributed by atoms with Crippen LogP contribution in [0.4, 0.5) is 10.5 Å². The van der Waals surface area contributed by atoms with Crippen LogP contribution in [0.2, 0.25) is 5.02 Å². The van der Waals surface area contributed by atoms with Crippen molar-refractivity contribution in [1.82, 2.24) is 25.5 Å². The maximum absolute atomic E-state index is 12.4. The van der Waals surface area contributed by atoms with E-state index in [-0.39, 0.29) is 0 Å². The van der Waals surface area contributed by atoms with Crippen molar-refractivity contribution < 1.29 is 9.59 Å². The van der Waals surface area contributed by atoms with Crippen LogP contribution in [-0.4, -0.2) is 37.4 Å². The molecule has 8 nitrogen and oxygen atoms in total. The smallest absolute Gasteiger partial charge is 0.307 e. The minimum Gasteiger partial charge on any atom is -0.307 e. The predicted molar refractivity (Wildman–Crippen MR) is 113 cm³/mol. The van der Waals surface area contributed by atoms with Crippen LogP contribution in [0.3, 0.4) is 0 Å². The van der Waals surface area contributed by atoms with E-state index >= 15 is 0 Å². The summed E-state index contributed by atoms with van der Waals surface area (Å²) >= 11 is 7.04. The number of carbonyl (C=O) groups excluding carboxylic acids is 2. The first kappa shape index (κ1) is 20.8. The van der Waals surface area contributed by atoms with E-state index < -0.39 is 17.2 Å². The monoisotopic (exact) mass is 430 g/mol. The second-order valence-corrected chi connectivity index (χ2v) is 8.12. The number of hydrogen-bond acceptors (Lipinski definition) is 6. The van der Waals surface area contributed by atoms with Gasteiger partial charge >= 0.3 is 6.03 Å². The van der Waals surface area contributed by atoms with Gasteiger partial charge < -0.3 is 5.32 Å². The Labute approximate surface area is 177 Å². The maximum atomic E-state index is 12.4. The van der Waals surface area contributed by atoms with E-state index in [1.807, 2.05) is 26.0 Å². The number of hydrogen-bond donors (Lipinski definition) is 2. The van der Waals surface area contributed by atoms with Crippen molar-refractivity contribution in [3.63, 3.8) is 0 Å². The van der Waals surface area contributed by atoms with Crippen molar-refractivity contribution in [3.05, 3.63) is 58.6 Å². The molecular formula is C19H19ClN6O2S. The van der Waals surface area contributed by atoms with Gasteiger partial charge in [-0.25, -0.2) is 4.79 Å². The van der Waals surface area contributed by atoms with Gasteiger partial charge in [0.15, 0.2) is 0 Å². The van der Waals surface area contributed by atoms with Crippen molar-refractivity contribution in [2.75, 3.05) is 5.32 Å². The number of carbonyl (C=O) groups is 2. The van der Waals surface area contributed by atoms with Gasteiger partial charge in [0, 0.05) is 10.7 Å². The van der Waals surface area contributed by atoms with Crippen molar-refractivity contribution in [2.45, 2.75) is 31.2 Å². The molecule has 0 spiro atoms. The molecule has 150 valence electrons. The van der Waals surface area contributed by atoms with E-state index in [1.54, 1.807) is 37.3 Å². The SMILES string of the molecule is Cc1ccc(NC(=O)NC(=O)[C@@H](C)Sc2nnnn2-c2ccc(Cl)cc2)c(C)c1. The van der Waals surface area contributed by atoms with E-state index in [2.05, 4.69) is 26.2 Å². The largest absolute Gasteiger partial charge is 0.325 e. The zero-order valence-electron chi connectivity index (χ0n) is 16.0. The van der Waals surface area contributed by atoms with Crippen LogP contribution < -0.4 is 10.6 Å². The Hall–Kier alpha value is -2.91. The van der Waals surface area contributed by atoms with Gasteiger partial charge in [-0.2, -0.15) is 4.68 Å². The molecule has 1 atom stereocenters. The van der Waals surface area contributed by atoms with E-state index in [0.717, 1.165) is 22.9 Å². The standard InChI is InChI=1S/C19H19ClN6O2S/c1-11-4-9-16(12(2)10-11)21-18(28)22-17(27)13(3)29-19-23-24-25-26(19)15-7-5-14(20)6-8-15/h4-10,13H,1-3H3,(H2,21,22,27,28)/t13-/m1/s1. The number of tetrazole rings is 1. The highest BCUT2D eigenvalue weighted by Gasteiger charge is 2.21. The van der Waals surface area contributed by atoms with E-state index in [9.17, 15) is 9.59 Å². The van der Waals surface area contributed by atoms with Crippen LogP contribution in [-0.2, 0) is 4.79 Å².